The van der Waals surface area contributed by atoms with Crippen LogP contribution in [0.1, 0.15) is 35.0 Å². The maximum Gasteiger partial charge on any atom is 0.268 e. The van der Waals surface area contributed by atoms with E-state index in [0.29, 0.717) is 22.3 Å². The summed E-state index contributed by atoms with van der Waals surface area (Å²) in [5, 5.41) is 6.05. The van der Waals surface area contributed by atoms with Gasteiger partial charge in [-0.2, -0.15) is 0 Å². The molecule has 0 bridgehead atoms. The standard InChI is InChI=1S/C27H27N7O2S/c1-3-24(35)33-11-10-27(16-33)12-17(13-27)34-20-7-5-4-6-18(20)31-26(34)32-25(36)22-9-8-21(37-22)19-14-29-15-23(28-2)30-19/h3-9,14-15,17H,1,10-13,16H2,2H3,(H,28,30)(H,31,32,36). The summed E-state index contributed by atoms with van der Waals surface area (Å²) in [6.07, 6.45) is 7.62. The zero-order chi connectivity index (χ0) is 25.6. The van der Waals surface area contributed by atoms with Crippen molar-refractivity contribution in [2.24, 2.45) is 5.41 Å². The first-order chi connectivity index (χ1) is 18.0. The van der Waals surface area contributed by atoms with Gasteiger partial charge in [-0.15, -0.1) is 11.3 Å². The molecule has 2 aliphatic rings. The highest BCUT2D eigenvalue weighted by Crippen LogP contribution is 2.55. The van der Waals surface area contributed by atoms with E-state index in [2.05, 4.69) is 31.7 Å². The van der Waals surface area contributed by atoms with Crippen molar-refractivity contribution in [2.45, 2.75) is 25.3 Å². The van der Waals surface area contributed by atoms with Gasteiger partial charge in [-0.1, -0.05) is 18.7 Å². The summed E-state index contributed by atoms with van der Waals surface area (Å²) < 4.78 is 2.16. The number of likely N-dealkylation sites (tertiary alicyclic amines) is 1. The Balaban J connectivity index is 1.23. The van der Waals surface area contributed by atoms with E-state index in [1.54, 1.807) is 25.5 Å². The van der Waals surface area contributed by atoms with E-state index in [0.717, 1.165) is 48.3 Å². The number of imidazole rings is 1. The number of amides is 2. The van der Waals surface area contributed by atoms with Gasteiger partial charge in [0.2, 0.25) is 11.9 Å². The number of para-hydroxylation sites is 2. The van der Waals surface area contributed by atoms with Crippen LogP contribution in [-0.4, -0.2) is 56.4 Å². The summed E-state index contributed by atoms with van der Waals surface area (Å²) in [6.45, 7) is 5.16. The number of carbonyl (C=O) groups excluding carboxylic acids is 2. The molecular weight excluding hydrogens is 486 g/mol. The molecule has 1 spiro atoms. The van der Waals surface area contributed by atoms with E-state index in [4.69, 9.17) is 4.98 Å². The fraction of sp³-hybridized carbons (Fsp3) is 0.296. The first kappa shape index (κ1) is 23.4. The number of hydrogen-bond donors (Lipinski definition) is 2. The highest BCUT2D eigenvalue weighted by molar-refractivity contribution is 7.17. The smallest absolute Gasteiger partial charge is 0.268 e. The normalized spacial score (nSPS) is 20.7. The van der Waals surface area contributed by atoms with Crippen molar-refractivity contribution >= 4 is 46.0 Å². The molecule has 188 valence electrons. The molecule has 4 aromatic rings. The molecule has 1 aromatic carbocycles. The van der Waals surface area contributed by atoms with Crippen molar-refractivity contribution in [1.82, 2.24) is 24.4 Å². The van der Waals surface area contributed by atoms with Gasteiger partial charge in [0, 0.05) is 26.2 Å². The third-order valence-corrected chi connectivity index (χ3v) is 8.53. The van der Waals surface area contributed by atoms with E-state index in [-0.39, 0.29) is 23.3 Å². The van der Waals surface area contributed by atoms with Crippen LogP contribution in [0, 0.1) is 5.41 Å². The predicted molar refractivity (Wildman–Crippen MR) is 145 cm³/mol. The minimum Gasteiger partial charge on any atom is -0.372 e. The third kappa shape index (κ3) is 4.17. The lowest BCUT2D eigenvalue weighted by atomic mass is 9.65. The number of fused-ring (bicyclic) bond motifs is 1. The van der Waals surface area contributed by atoms with Crippen LogP contribution in [0.25, 0.3) is 21.6 Å². The number of benzene rings is 1. The second-order valence-corrected chi connectivity index (χ2v) is 10.8. The maximum absolute atomic E-state index is 13.3. The molecule has 3 aromatic heterocycles. The number of anilines is 2. The van der Waals surface area contributed by atoms with Crippen LogP contribution in [0.5, 0.6) is 0 Å². The number of nitrogens with one attached hydrogen (secondary N) is 2. The predicted octanol–water partition coefficient (Wildman–Crippen LogP) is 4.59. The van der Waals surface area contributed by atoms with Gasteiger partial charge in [0.05, 0.1) is 33.2 Å². The summed E-state index contributed by atoms with van der Waals surface area (Å²) >= 11 is 1.37. The van der Waals surface area contributed by atoms with Gasteiger partial charge < -0.3 is 14.8 Å². The van der Waals surface area contributed by atoms with E-state index in [9.17, 15) is 9.59 Å². The SMILES string of the molecule is C=CC(=O)N1CCC2(CC(n3c(NC(=O)c4ccc(-c5cncc(NC)n5)s4)nc4ccccc43)C2)C1. The molecule has 1 saturated carbocycles. The van der Waals surface area contributed by atoms with Crippen LogP contribution in [0.3, 0.4) is 0 Å². The molecular formula is C27H27N7O2S. The Morgan fingerprint density at radius 2 is 2.00 bits per heavy atom. The van der Waals surface area contributed by atoms with Gasteiger partial charge >= 0.3 is 0 Å². The van der Waals surface area contributed by atoms with Crippen molar-refractivity contribution < 1.29 is 9.59 Å². The first-order valence-corrected chi connectivity index (χ1v) is 13.1. The summed E-state index contributed by atoms with van der Waals surface area (Å²) in [7, 11) is 1.79. The van der Waals surface area contributed by atoms with Crippen LogP contribution < -0.4 is 10.6 Å². The number of aromatic nitrogens is 4. The van der Waals surface area contributed by atoms with Gasteiger partial charge in [0.1, 0.15) is 11.5 Å². The second-order valence-electron chi connectivity index (χ2n) is 9.73. The first-order valence-electron chi connectivity index (χ1n) is 12.3. The zero-order valence-electron chi connectivity index (χ0n) is 20.5. The van der Waals surface area contributed by atoms with Gasteiger partial charge in [-0.25, -0.2) is 9.97 Å². The van der Waals surface area contributed by atoms with Crippen molar-refractivity contribution in [3.05, 3.63) is 66.3 Å². The monoisotopic (exact) mass is 513 g/mol. The molecule has 1 saturated heterocycles. The molecule has 2 fully saturated rings. The lowest BCUT2D eigenvalue weighted by Gasteiger charge is -2.46. The largest absolute Gasteiger partial charge is 0.372 e. The molecule has 6 rings (SSSR count). The van der Waals surface area contributed by atoms with Crippen LogP contribution in [0.15, 0.2) is 61.4 Å². The Labute approximate surface area is 218 Å². The van der Waals surface area contributed by atoms with Crippen molar-refractivity contribution in [1.29, 1.82) is 0 Å². The molecule has 1 aliphatic heterocycles. The lowest BCUT2D eigenvalue weighted by Crippen LogP contribution is -2.42. The number of nitrogens with zero attached hydrogens (tertiary/aromatic N) is 5. The summed E-state index contributed by atoms with van der Waals surface area (Å²) in [4.78, 5) is 42.2. The fourth-order valence-electron chi connectivity index (χ4n) is 5.58. The zero-order valence-corrected chi connectivity index (χ0v) is 21.3. The molecule has 37 heavy (non-hydrogen) atoms. The minimum absolute atomic E-state index is 0.000315. The van der Waals surface area contributed by atoms with E-state index < -0.39 is 0 Å². The van der Waals surface area contributed by atoms with Crippen LogP contribution in [0.4, 0.5) is 11.8 Å². The summed E-state index contributed by atoms with van der Waals surface area (Å²) in [6, 6.07) is 11.9. The van der Waals surface area contributed by atoms with E-state index in [1.165, 1.54) is 17.4 Å². The summed E-state index contributed by atoms with van der Waals surface area (Å²) in [5.41, 5.74) is 2.69. The van der Waals surface area contributed by atoms with Gasteiger partial charge in [0.15, 0.2) is 0 Å². The minimum atomic E-state index is -0.205. The highest BCUT2D eigenvalue weighted by Gasteiger charge is 2.50. The van der Waals surface area contributed by atoms with E-state index >= 15 is 0 Å². The van der Waals surface area contributed by atoms with Gasteiger partial charge in [-0.3, -0.25) is 19.9 Å². The molecule has 2 N–H and O–H groups in total. The van der Waals surface area contributed by atoms with Crippen molar-refractivity contribution in [3.63, 3.8) is 0 Å². The molecule has 2 amide bonds. The molecule has 0 unspecified atom stereocenters. The van der Waals surface area contributed by atoms with Gasteiger partial charge in [0.25, 0.3) is 5.91 Å². The Kier molecular flexibility index (Phi) is 5.75. The number of thiophene rings is 1. The molecule has 9 nitrogen and oxygen atoms in total. The topological polar surface area (TPSA) is 105 Å². The second kappa shape index (κ2) is 9.11. The molecule has 1 aliphatic carbocycles. The van der Waals surface area contributed by atoms with E-state index in [1.807, 2.05) is 35.2 Å². The van der Waals surface area contributed by atoms with Crippen LogP contribution in [-0.2, 0) is 4.79 Å². The number of hydrogen-bond acceptors (Lipinski definition) is 7. The fourth-order valence-corrected chi connectivity index (χ4v) is 6.43. The third-order valence-electron chi connectivity index (χ3n) is 7.42. The average molecular weight is 514 g/mol. The Hall–Kier alpha value is -4.05. The number of rotatable bonds is 6. The van der Waals surface area contributed by atoms with Crippen molar-refractivity contribution in [2.75, 3.05) is 30.8 Å². The molecule has 10 heteroatoms. The number of carbonyl (C=O) groups is 2. The Morgan fingerprint density at radius 1 is 1.16 bits per heavy atom. The van der Waals surface area contributed by atoms with Crippen LogP contribution in [0.2, 0.25) is 0 Å². The molecule has 0 atom stereocenters. The summed E-state index contributed by atoms with van der Waals surface area (Å²) in [5.74, 6) is 1.02. The average Bonchev–Trinajstić information content (AvgIpc) is 3.64. The molecule has 4 heterocycles. The lowest BCUT2D eigenvalue weighted by molar-refractivity contribution is -0.125. The van der Waals surface area contributed by atoms with Gasteiger partial charge in [-0.05, 0) is 55.0 Å². The highest BCUT2D eigenvalue weighted by atomic mass is 32.1. The molecule has 0 radical (unpaired) electrons. The van der Waals surface area contributed by atoms with Crippen LogP contribution >= 0.6 is 11.3 Å². The van der Waals surface area contributed by atoms with Crippen molar-refractivity contribution in [3.8, 4) is 10.6 Å². The Morgan fingerprint density at radius 3 is 2.81 bits per heavy atom. The maximum atomic E-state index is 13.3. The quantitative estimate of drug-likeness (QED) is 0.366. The Bertz CT molecular complexity index is 1520.